The molecule has 27 heavy (non-hydrogen) atoms. The number of anilines is 1. The highest BCUT2D eigenvalue weighted by Crippen LogP contribution is 2.28. The van der Waals surface area contributed by atoms with Gasteiger partial charge in [0.2, 0.25) is 0 Å². The van der Waals surface area contributed by atoms with Crippen LogP contribution in [0.2, 0.25) is 0 Å². The number of thiazole rings is 1. The Kier molecular flexibility index (Phi) is 5.75. The third-order valence-electron chi connectivity index (χ3n) is 4.99. The van der Waals surface area contributed by atoms with Gasteiger partial charge in [-0.2, -0.15) is 0 Å². The molecule has 1 saturated heterocycles. The molecule has 0 N–H and O–H groups in total. The molecular formula is C21H25N3O2S. The van der Waals surface area contributed by atoms with E-state index in [0.29, 0.717) is 0 Å². The third kappa shape index (κ3) is 4.34. The van der Waals surface area contributed by atoms with Gasteiger partial charge in [-0.15, -0.1) is 11.3 Å². The molecule has 1 aromatic heterocycles. The molecule has 2 aromatic carbocycles. The van der Waals surface area contributed by atoms with Crippen molar-refractivity contribution in [1.82, 2.24) is 9.88 Å². The number of aromatic nitrogens is 1. The summed E-state index contributed by atoms with van der Waals surface area (Å²) in [5.74, 6) is 1.87. The molecule has 0 atom stereocenters. The van der Waals surface area contributed by atoms with E-state index in [9.17, 15) is 0 Å². The molecule has 4 rings (SSSR count). The largest absolute Gasteiger partial charge is 0.495 e. The van der Waals surface area contributed by atoms with E-state index in [1.54, 1.807) is 18.4 Å². The van der Waals surface area contributed by atoms with E-state index in [0.717, 1.165) is 62.8 Å². The molecule has 0 aliphatic carbocycles. The number of piperazine rings is 1. The zero-order chi connectivity index (χ0) is 18.5. The van der Waals surface area contributed by atoms with Crippen LogP contribution in [-0.2, 0) is 0 Å². The number of ether oxygens (including phenoxy) is 2. The van der Waals surface area contributed by atoms with Gasteiger partial charge in [0.25, 0.3) is 0 Å². The van der Waals surface area contributed by atoms with Crippen LogP contribution in [-0.4, -0.2) is 56.3 Å². The molecule has 6 heteroatoms. The lowest BCUT2D eigenvalue weighted by atomic mass is 10.2. The average Bonchev–Trinajstić information content (AvgIpc) is 3.19. The molecule has 2 heterocycles. The summed E-state index contributed by atoms with van der Waals surface area (Å²) in [5.41, 5.74) is 4.09. The molecule has 0 spiro atoms. The minimum absolute atomic E-state index is 0.738. The van der Waals surface area contributed by atoms with Crippen LogP contribution in [0.1, 0.15) is 6.42 Å². The Morgan fingerprint density at radius 2 is 1.93 bits per heavy atom. The van der Waals surface area contributed by atoms with Crippen LogP contribution in [0.15, 0.2) is 48.0 Å². The summed E-state index contributed by atoms with van der Waals surface area (Å²) in [6, 6.07) is 14.4. The van der Waals surface area contributed by atoms with Crippen LogP contribution in [0.25, 0.3) is 10.2 Å². The van der Waals surface area contributed by atoms with Gasteiger partial charge in [0, 0.05) is 38.8 Å². The second-order valence-electron chi connectivity index (χ2n) is 6.68. The number of benzene rings is 2. The molecule has 3 aromatic rings. The second-order valence-corrected chi connectivity index (χ2v) is 7.57. The molecule has 1 aliphatic heterocycles. The van der Waals surface area contributed by atoms with Gasteiger partial charge < -0.3 is 14.4 Å². The predicted octanol–water partition coefficient (Wildman–Crippen LogP) is 3.90. The second kappa shape index (κ2) is 8.59. The number of nitrogens with zero attached hydrogens (tertiary/aromatic N) is 3. The van der Waals surface area contributed by atoms with E-state index in [1.807, 2.05) is 29.8 Å². The Labute approximate surface area is 164 Å². The number of methoxy groups -OCH3 is 1. The van der Waals surface area contributed by atoms with E-state index >= 15 is 0 Å². The SMILES string of the molecule is COc1ccccc1N1CCN(CCCOc2ccc3scnc3c2)CC1. The normalized spacial score (nSPS) is 15.2. The van der Waals surface area contributed by atoms with Gasteiger partial charge in [0.1, 0.15) is 11.5 Å². The van der Waals surface area contributed by atoms with E-state index in [4.69, 9.17) is 9.47 Å². The van der Waals surface area contributed by atoms with Gasteiger partial charge >= 0.3 is 0 Å². The van der Waals surface area contributed by atoms with Crippen LogP contribution < -0.4 is 14.4 Å². The Morgan fingerprint density at radius 1 is 1.07 bits per heavy atom. The molecule has 142 valence electrons. The van der Waals surface area contributed by atoms with Gasteiger partial charge in [-0.1, -0.05) is 12.1 Å². The number of fused-ring (bicyclic) bond motifs is 1. The van der Waals surface area contributed by atoms with Gasteiger partial charge in [-0.05, 0) is 30.7 Å². The standard InChI is InChI=1S/C21H25N3O2S/c1-25-20-6-3-2-5-19(20)24-12-10-23(11-13-24)9-4-14-26-17-7-8-21-18(15-17)22-16-27-21/h2-3,5-8,15-16H,4,9-14H2,1H3. The van der Waals surface area contributed by atoms with Gasteiger partial charge in [-0.3, -0.25) is 4.90 Å². The van der Waals surface area contributed by atoms with Crippen LogP contribution in [0.5, 0.6) is 11.5 Å². The number of hydrogen-bond donors (Lipinski definition) is 0. The Hall–Kier alpha value is -2.31. The van der Waals surface area contributed by atoms with E-state index in [1.165, 1.54) is 10.4 Å². The molecule has 5 nitrogen and oxygen atoms in total. The van der Waals surface area contributed by atoms with E-state index in [2.05, 4.69) is 33.0 Å². The summed E-state index contributed by atoms with van der Waals surface area (Å²) >= 11 is 1.66. The van der Waals surface area contributed by atoms with Crippen molar-refractivity contribution in [2.24, 2.45) is 0 Å². The zero-order valence-corrected chi connectivity index (χ0v) is 16.5. The van der Waals surface area contributed by atoms with Gasteiger partial charge in [0.15, 0.2) is 0 Å². The number of rotatable bonds is 7. The maximum Gasteiger partial charge on any atom is 0.142 e. The van der Waals surface area contributed by atoms with Gasteiger partial charge in [-0.25, -0.2) is 4.98 Å². The monoisotopic (exact) mass is 383 g/mol. The lowest BCUT2D eigenvalue weighted by Gasteiger charge is -2.36. The zero-order valence-electron chi connectivity index (χ0n) is 15.6. The van der Waals surface area contributed by atoms with Crippen molar-refractivity contribution in [3.8, 4) is 11.5 Å². The first-order valence-corrected chi connectivity index (χ1v) is 10.3. The summed E-state index contributed by atoms with van der Waals surface area (Å²) in [4.78, 5) is 9.27. The lowest BCUT2D eigenvalue weighted by Crippen LogP contribution is -2.46. The molecular weight excluding hydrogens is 358 g/mol. The maximum atomic E-state index is 5.91. The first-order valence-electron chi connectivity index (χ1n) is 9.40. The highest BCUT2D eigenvalue weighted by molar-refractivity contribution is 7.16. The first kappa shape index (κ1) is 18.1. The average molecular weight is 384 g/mol. The summed E-state index contributed by atoms with van der Waals surface area (Å²) in [6.45, 7) is 6.01. The molecule has 0 radical (unpaired) electrons. The van der Waals surface area contributed by atoms with Crippen molar-refractivity contribution in [1.29, 1.82) is 0 Å². The van der Waals surface area contributed by atoms with Crippen LogP contribution >= 0.6 is 11.3 Å². The van der Waals surface area contributed by atoms with Crippen molar-refractivity contribution in [3.63, 3.8) is 0 Å². The fourth-order valence-corrected chi connectivity index (χ4v) is 4.17. The summed E-state index contributed by atoms with van der Waals surface area (Å²) < 4.78 is 12.6. The third-order valence-corrected chi connectivity index (χ3v) is 5.80. The topological polar surface area (TPSA) is 37.8 Å². The van der Waals surface area contributed by atoms with Crippen molar-refractivity contribution in [3.05, 3.63) is 48.0 Å². The van der Waals surface area contributed by atoms with Crippen LogP contribution in [0.4, 0.5) is 5.69 Å². The Morgan fingerprint density at radius 3 is 2.78 bits per heavy atom. The molecule has 0 unspecified atom stereocenters. The van der Waals surface area contributed by atoms with Crippen LogP contribution in [0, 0.1) is 0 Å². The smallest absolute Gasteiger partial charge is 0.142 e. The Bertz CT molecular complexity index is 874. The van der Waals surface area contributed by atoms with Crippen molar-refractivity contribution in [2.75, 3.05) is 51.3 Å². The first-order chi connectivity index (χ1) is 13.3. The number of hydrogen-bond acceptors (Lipinski definition) is 6. The molecule has 0 bridgehead atoms. The van der Waals surface area contributed by atoms with Gasteiger partial charge in [0.05, 0.1) is 35.1 Å². The fourth-order valence-electron chi connectivity index (χ4n) is 3.51. The van der Waals surface area contributed by atoms with Crippen molar-refractivity contribution in [2.45, 2.75) is 6.42 Å². The highest BCUT2D eigenvalue weighted by Gasteiger charge is 2.19. The molecule has 1 aliphatic rings. The summed E-state index contributed by atoms with van der Waals surface area (Å²) in [7, 11) is 1.74. The van der Waals surface area contributed by atoms with E-state index in [-0.39, 0.29) is 0 Å². The predicted molar refractivity (Wildman–Crippen MR) is 111 cm³/mol. The van der Waals surface area contributed by atoms with E-state index < -0.39 is 0 Å². The molecule has 0 amide bonds. The van der Waals surface area contributed by atoms with Crippen molar-refractivity contribution >= 4 is 27.2 Å². The molecule has 1 fully saturated rings. The van der Waals surface area contributed by atoms with Crippen LogP contribution in [0.3, 0.4) is 0 Å². The highest BCUT2D eigenvalue weighted by atomic mass is 32.1. The lowest BCUT2D eigenvalue weighted by molar-refractivity contribution is 0.224. The Balaban J connectivity index is 1.20. The minimum atomic E-state index is 0.738. The summed E-state index contributed by atoms with van der Waals surface area (Å²) in [6.07, 6.45) is 1.03. The van der Waals surface area contributed by atoms with Crippen molar-refractivity contribution < 1.29 is 9.47 Å². The molecule has 0 saturated carbocycles. The quantitative estimate of drug-likeness (QED) is 0.579. The maximum absolute atomic E-state index is 5.91. The fraction of sp³-hybridized carbons (Fsp3) is 0.381. The minimum Gasteiger partial charge on any atom is -0.495 e. The number of para-hydroxylation sites is 2. The summed E-state index contributed by atoms with van der Waals surface area (Å²) in [5, 5.41) is 0.